The van der Waals surface area contributed by atoms with Crippen LogP contribution in [0.5, 0.6) is 5.75 Å². The van der Waals surface area contributed by atoms with E-state index in [4.69, 9.17) is 44.8 Å². The third-order valence-corrected chi connectivity index (χ3v) is 3.58. The van der Waals surface area contributed by atoms with Crippen molar-refractivity contribution >= 4 is 34.8 Å². The monoisotopic (exact) mass is 326 g/mol. The predicted molar refractivity (Wildman–Crippen MR) is 80.6 cm³/mol. The van der Waals surface area contributed by atoms with Crippen LogP contribution in [0.2, 0.25) is 15.1 Å². The first kappa shape index (κ1) is 14.9. The van der Waals surface area contributed by atoms with Crippen molar-refractivity contribution in [2.45, 2.75) is 6.42 Å². The van der Waals surface area contributed by atoms with Crippen molar-refractivity contribution in [3.8, 4) is 22.9 Å². The molecule has 0 fully saturated rings. The summed E-state index contributed by atoms with van der Waals surface area (Å²) in [5.41, 5.74) is 1.95. The van der Waals surface area contributed by atoms with Gasteiger partial charge in [0, 0.05) is 27.9 Å². The average molecular weight is 328 g/mol. The number of pyridine rings is 1. The van der Waals surface area contributed by atoms with Gasteiger partial charge in [-0.05, 0) is 12.1 Å². The van der Waals surface area contributed by atoms with Crippen molar-refractivity contribution in [3.05, 3.63) is 45.2 Å². The lowest BCUT2D eigenvalue weighted by Gasteiger charge is -2.14. The van der Waals surface area contributed by atoms with Crippen molar-refractivity contribution in [2.24, 2.45) is 0 Å². The molecular formula is C14H9Cl3N2O. The maximum Gasteiger partial charge on any atom is 0.142 e. The predicted octanol–water partition coefficient (Wildman–Crippen LogP) is 4.78. The Morgan fingerprint density at radius 3 is 2.40 bits per heavy atom. The SMILES string of the molecule is COc1cncc(-c2c(Cl)cc(Cl)cc2Cl)c1CC#N. The summed E-state index contributed by atoms with van der Waals surface area (Å²) in [6, 6.07) is 5.29. The molecule has 20 heavy (non-hydrogen) atoms. The molecule has 0 unspecified atom stereocenters. The normalized spacial score (nSPS) is 10.2. The molecule has 1 aromatic heterocycles. The van der Waals surface area contributed by atoms with E-state index in [0.717, 1.165) is 0 Å². The molecule has 1 heterocycles. The Hall–Kier alpha value is -1.47. The van der Waals surface area contributed by atoms with Gasteiger partial charge in [0.25, 0.3) is 0 Å². The lowest BCUT2D eigenvalue weighted by atomic mass is 9.99. The number of aromatic nitrogens is 1. The Labute approximate surface area is 131 Å². The molecule has 1 aromatic carbocycles. The second-order valence-corrected chi connectivity index (χ2v) is 5.20. The second kappa shape index (κ2) is 6.32. The van der Waals surface area contributed by atoms with Crippen LogP contribution in [0.1, 0.15) is 5.56 Å². The standard InChI is InChI=1S/C14H9Cl3N2O/c1-20-13-7-19-6-10(9(13)2-3-18)14-11(16)4-8(15)5-12(14)17/h4-7H,2H2,1H3. The third-order valence-electron chi connectivity index (χ3n) is 2.77. The van der Waals surface area contributed by atoms with Crippen LogP contribution in [-0.4, -0.2) is 12.1 Å². The van der Waals surface area contributed by atoms with Gasteiger partial charge in [-0.3, -0.25) is 4.98 Å². The number of methoxy groups -OCH3 is 1. The van der Waals surface area contributed by atoms with E-state index in [1.807, 2.05) is 0 Å². The van der Waals surface area contributed by atoms with Crippen LogP contribution < -0.4 is 4.74 Å². The quantitative estimate of drug-likeness (QED) is 0.814. The number of nitrogens with zero attached hydrogens (tertiary/aromatic N) is 2. The maximum atomic E-state index is 8.98. The van der Waals surface area contributed by atoms with Gasteiger partial charge in [0.05, 0.1) is 35.8 Å². The van der Waals surface area contributed by atoms with Crippen LogP contribution in [0, 0.1) is 11.3 Å². The van der Waals surface area contributed by atoms with Gasteiger partial charge in [0.15, 0.2) is 0 Å². The third kappa shape index (κ3) is 2.83. The van der Waals surface area contributed by atoms with E-state index in [9.17, 15) is 0 Å². The smallest absolute Gasteiger partial charge is 0.142 e. The maximum absolute atomic E-state index is 8.98. The molecule has 0 aliphatic carbocycles. The van der Waals surface area contributed by atoms with Gasteiger partial charge in [-0.15, -0.1) is 0 Å². The summed E-state index contributed by atoms with van der Waals surface area (Å²) < 4.78 is 5.24. The summed E-state index contributed by atoms with van der Waals surface area (Å²) in [7, 11) is 1.52. The largest absolute Gasteiger partial charge is 0.495 e. The van der Waals surface area contributed by atoms with E-state index in [-0.39, 0.29) is 6.42 Å². The molecule has 6 heteroatoms. The minimum Gasteiger partial charge on any atom is -0.495 e. The number of ether oxygens (including phenoxy) is 1. The zero-order valence-electron chi connectivity index (χ0n) is 10.5. The molecule has 0 atom stereocenters. The van der Waals surface area contributed by atoms with Gasteiger partial charge >= 0.3 is 0 Å². The molecule has 0 aliphatic heterocycles. The lowest BCUT2D eigenvalue weighted by molar-refractivity contribution is 0.409. The number of nitriles is 1. The summed E-state index contributed by atoms with van der Waals surface area (Å²) in [5, 5.41) is 10.2. The second-order valence-electron chi connectivity index (χ2n) is 3.95. The summed E-state index contributed by atoms with van der Waals surface area (Å²) in [6.45, 7) is 0. The van der Waals surface area contributed by atoms with Gasteiger partial charge in [-0.25, -0.2) is 0 Å². The highest BCUT2D eigenvalue weighted by Crippen LogP contribution is 2.40. The topological polar surface area (TPSA) is 45.9 Å². The van der Waals surface area contributed by atoms with Gasteiger partial charge in [0.2, 0.25) is 0 Å². The first-order valence-corrected chi connectivity index (χ1v) is 6.74. The first-order valence-electron chi connectivity index (χ1n) is 5.61. The molecule has 0 bridgehead atoms. The van der Waals surface area contributed by atoms with Crippen LogP contribution in [0.4, 0.5) is 0 Å². The Kier molecular flexibility index (Phi) is 4.72. The molecule has 0 spiro atoms. The van der Waals surface area contributed by atoms with Crippen LogP contribution in [0.3, 0.4) is 0 Å². The number of hydrogen-bond acceptors (Lipinski definition) is 3. The fourth-order valence-electron chi connectivity index (χ4n) is 1.92. The van der Waals surface area contributed by atoms with Crippen LogP contribution in [-0.2, 0) is 6.42 Å². The number of hydrogen-bond donors (Lipinski definition) is 0. The highest BCUT2D eigenvalue weighted by molar-refractivity contribution is 6.41. The van der Waals surface area contributed by atoms with Gasteiger partial charge < -0.3 is 4.74 Å². The van der Waals surface area contributed by atoms with Crippen LogP contribution >= 0.6 is 34.8 Å². The van der Waals surface area contributed by atoms with E-state index < -0.39 is 0 Å². The van der Waals surface area contributed by atoms with Gasteiger partial charge in [-0.1, -0.05) is 34.8 Å². The molecule has 0 saturated carbocycles. The lowest BCUT2D eigenvalue weighted by Crippen LogP contribution is -1.97. The Morgan fingerprint density at radius 1 is 1.20 bits per heavy atom. The van der Waals surface area contributed by atoms with Crippen molar-refractivity contribution in [3.63, 3.8) is 0 Å². The molecular weight excluding hydrogens is 319 g/mol. The van der Waals surface area contributed by atoms with E-state index in [2.05, 4.69) is 11.1 Å². The molecule has 2 rings (SSSR count). The van der Waals surface area contributed by atoms with Crippen LogP contribution in [0.25, 0.3) is 11.1 Å². The summed E-state index contributed by atoms with van der Waals surface area (Å²) in [5.74, 6) is 0.520. The highest BCUT2D eigenvalue weighted by Gasteiger charge is 2.17. The average Bonchev–Trinajstić information content (AvgIpc) is 2.39. The number of rotatable bonds is 3. The molecule has 0 radical (unpaired) electrons. The van der Waals surface area contributed by atoms with Gasteiger partial charge in [0.1, 0.15) is 5.75 Å². The Balaban J connectivity index is 2.73. The van der Waals surface area contributed by atoms with E-state index in [1.165, 1.54) is 7.11 Å². The van der Waals surface area contributed by atoms with E-state index in [1.54, 1.807) is 24.5 Å². The Bertz CT molecular complexity index is 672. The molecule has 0 N–H and O–H groups in total. The number of halogens is 3. The highest BCUT2D eigenvalue weighted by atomic mass is 35.5. The minimum atomic E-state index is 0.163. The van der Waals surface area contributed by atoms with Crippen LogP contribution in [0.15, 0.2) is 24.5 Å². The van der Waals surface area contributed by atoms with Crippen molar-refractivity contribution in [1.29, 1.82) is 5.26 Å². The summed E-state index contributed by atoms with van der Waals surface area (Å²) >= 11 is 18.3. The fraction of sp³-hybridized carbons (Fsp3) is 0.143. The zero-order valence-corrected chi connectivity index (χ0v) is 12.7. The zero-order chi connectivity index (χ0) is 14.7. The van der Waals surface area contributed by atoms with E-state index in [0.29, 0.717) is 37.5 Å². The van der Waals surface area contributed by atoms with Gasteiger partial charge in [-0.2, -0.15) is 5.26 Å². The molecule has 0 saturated heterocycles. The summed E-state index contributed by atoms with van der Waals surface area (Å²) in [6.07, 6.45) is 3.32. The molecule has 2 aromatic rings. The number of benzene rings is 1. The molecule has 0 aliphatic rings. The molecule has 0 amide bonds. The summed E-state index contributed by atoms with van der Waals surface area (Å²) in [4.78, 5) is 4.09. The van der Waals surface area contributed by atoms with Crippen molar-refractivity contribution in [2.75, 3.05) is 7.11 Å². The first-order chi connectivity index (χ1) is 9.58. The molecule has 3 nitrogen and oxygen atoms in total. The Morgan fingerprint density at radius 2 is 1.85 bits per heavy atom. The van der Waals surface area contributed by atoms with Crippen molar-refractivity contribution < 1.29 is 4.74 Å². The minimum absolute atomic E-state index is 0.163. The van der Waals surface area contributed by atoms with Crippen molar-refractivity contribution in [1.82, 2.24) is 4.98 Å². The molecule has 102 valence electrons. The fourth-order valence-corrected chi connectivity index (χ4v) is 2.94. The van der Waals surface area contributed by atoms with E-state index >= 15 is 0 Å².